The molecule has 4 heterocycles. The van der Waals surface area contributed by atoms with Crippen molar-refractivity contribution in [3.05, 3.63) is 58.9 Å². The highest BCUT2D eigenvalue weighted by Crippen LogP contribution is 2.33. The van der Waals surface area contributed by atoms with Crippen LogP contribution in [0.15, 0.2) is 29.0 Å². The predicted molar refractivity (Wildman–Crippen MR) is 167 cm³/mol. The molecule has 1 aromatic carbocycles. The standard InChI is InChI=1S/C32H41F3N8O4/c1-7-43(20-8-10-41(11-9-20)30-39-27(18(2)3)40-47-30)28(44)19-14-36-29(37-15-19)42-16-22(21-12-24(34)25(35)13-23(21)33)26(17-42)38-31(45)46-32(4,5)6/h12-15,18,20,22,26H,7-11,16-17H2,1-6H3,(H,38,45)/t22-,26+/m1/s1. The van der Waals surface area contributed by atoms with Gasteiger partial charge in [-0.1, -0.05) is 19.0 Å². The molecule has 2 atom stereocenters. The molecule has 2 amide bonds. The molecular weight excluding hydrogens is 617 g/mol. The average molecular weight is 659 g/mol. The Labute approximate surface area is 271 Å². The van der Waals surface area contributed by atoms with Crippen LogP contribution in [0.3, 0.4) is 0 Å². The van der Waals surface area contributed by atoms with Gasteiger partial charge in [0, 0.05) is 69.1 Å². The van der Waals surface area contributed by atoms with Gasteiger partial charge in [-0.05, 0) is 52.2 Å². The van der Waals surface area contributed by atoms with Gasteiger partial charge in [-0.2, -0.15) is 4.98 Å². The number of benzene rings is 1. The Bertz CT molecular complexity index is 1570. The number of piperidine rings is 1. The number of anilines is 2. The molecule has 0 unspecified atom stereocenters. The van der Waals surface area contributed by atoms with E-state index in [9.17, 15) is 22.8 Å². The number of aromatic nitrogens is 4. The minimum atomic E-state index is -1.31. The Balaban J connectivity index is 1.27. The highest BCUT2D eigenvalue weighted by molar-refractivity contribution is 5.94. The van der Waals surface area contributed by atoms with E-state index in [2.05, 4.69) is 25.4 Å². The molecule has 0 radical (unpaired) electrons. The summed E-state index contributed by atoms with van der Waals surface area (Å²) in [5.74, 6) is -3.35. The molecule has 3 aromatic rings. The van der Waals surface area contributed by atoms with Crippen molar-refractivity contribution >= 4 is 24.0 Å². The zero-order chi connectivity index (χ0) is 34.0. The second-order valence-electron chi connectivity index (χ2n) is 13.2. The third-order valence-corrected chi connectivity index (χ3v) is 8.35. The van der Waals surface area contributed by atoms with Crippen LogP contribution < -0.4 is 15.1 Å². The van der Waals surface area contributed by atoms with Crippen molar-refractivity contribution in [2.24, 2.45) is 0 Å². The fourth-order valence-corrected chi connectivity index (χ4v) is 6.00. The lowest BCUT2D eigenvalue weighted by Gasteiger charge is -2.37. The molecule has 0 spiro atoms. The smallest absolute Gasteiger partial charge is 0.407 e. The highest BCUT2D eigenvalue weighted by Gasteiger charge is 2.39. The number of carbonyl (C=O) groups excluding carboxylic acids is 2. The monoisotopic (exact) mass is 658 g/mol. The molecule has 2 saturated heterocycles. The van der Waals surface area contributed by atoms with E-state index < -0.39 is 41.1 Å². The van der Waals surface area contributed by atoms with E-state index in [1.165, 1.54) is 12.4 Å². The van der Waals surface area contributed by atoms with E-state index in [4.69, 9.17) is 9.26 Å². The van der Waals surface area contributed by atoms with Crippen LogP contribution in [0.4, 0.5) is 29.9 Å². The number of nitrogens with one attached hydrogen (secondary N) is 1. The summed E-state index contributed by atoms with van der Waals surface area (Å²) < 4.78 is 53.6. The molecule has 0 bridgehead atoms. The van der Waals surface area contributed by atoms with Gasteiger partial charge >= 0.3 is 12.1 Å². The Hall–Kier alpha value is -4.43. The van der Waals surface area contributed by atoms with Crippen LogP contribution in [-0.4, -0.2) is 87.4 Å². The lowest BCUT2D eigenvalue weighted by molar-refractivity contribution is 0.0504. The molecule has 2 aliphatic rings. The maximum atomic E-state index is 14.9. The van der Waals surface area contributed by atoms with Gasteiger partial charge in [0.25, 0.3) is 5.91 Å². The van der Waals surface area contributed by atoms with E-state index in [1.807, 2.05) is 30.6 Å². The van der Waals surface area contributed by atoms with Crippen LogP contribution in [0.1, 0.15) is 88.0 Å². The van der Waals surface area contributed by atoms with E-state index in [-0.39, 0.29) is 42.5 Å². The summed E-state index contributed by atoms with van der Waals surface area (Å²) in [6.07, 6.45) is 3.59. The molecule has 12 nitrogen and oxygen atoms in total. The molecule has 5 rings (SSSR count). The van der Waals surface area contributed by atoms with Crippen LogP contribution in [0.5, 0.6) is 0 Å². The molecule has 15 heteroatoms. The van der Waals surface area contributed by atoms with E-state index in [0.717, 1.165) is 18.9 Å². The molecule has 2 aliphatic heterocycles. The van der Waals surface area contributed by atoms with Gasteiger partial charge in [0.2, 0.25) is 5.95 Å². The molecule has 1 N–H and O–H groups in total. The van der Waals surface area contributed by atoms with Gasteiger partial charge in [0.05, 0.1) is 11.6 Å². The molecule has 254 valence electrons. The van der Waals surface area contributed by atoms with Crippen molar-refractivity contribution < 1.29 is 32.0 Å². The first-order valence-corrected chi connectivity index (χ1v) is 15.8. The third-order valence-electron chi connectivity index (χ3n) is 8.35. The largest absolute Gasteiger partial charge is 0.444 e. The van der Waals surface area contributed by atoms with Crippen molar-refractivity contribution in [3.63, 3.8) is 0 Å². The quantitative estimate of drug-likeness (QED) is 0.329. The number of hydrogen-bond donors (Lipinski definition) is 1. The summed E-state index contributed by atoms with van der Waals surface area (Å²) in [5, 5.41) is 6.78. The summed E-state index contributed by atoms with van der Waals surface area (Å²) in [7, 11) is 0. The predicted octanol–water partition coefficient (Wildman–Crippen LogP) is 5.03. The van der Waals surface area contributed by atoms with Crippen LogP contribution in [0.2, 0.25) is 0 Å². The summed E-state index contributed by atoms with van der Waals surface area (Å²) >= 11 is 0. The SMILES string of the molecule is CCN(C(=O)c1cnc(N2C[C@H](NC(=O)OC(C)(C)C)[C@@H](c3cc(F)c(F)cc3F)C2)nc1)C1CCN(c2nc(C(C)C)no2)CC1. The minimum absolute atomic E-state index is 0.000875. The number of alkyl carbamates (subject to hydrolysis) is 1. The van der Waals surface area contributed by atoms with Gasteiger partial charge in [-0.25, -0.2) is 27.9 Å². The van der Waals surface area contributed by atoms with Crippen molar-refractivity contribution in [3.8, 4) is 0 Å². The first-order valence-electron chi connectivity index (χ1n) is 15.8. The maximum absolute atomic E-state index is 14.9. The van der Waals surface area contributed by atoms with Crippen LogP contribution in [0.25, 0.3) is 0 Å². The second kappa shape index (κ2) is 13.7. The summed E-state index contributed by atoms with van der Waals surface area (Å²) in [4.78, 5) is 45.1. The van der Waals surface area contributed by atoms with Crippen molar-refractivity contribution in [2.45, 2.75) is 83.9 Å². The normalized spacial score (nSPS) is 18.9. The Morgan fingerprint density at radius 3 is 2.30 bits per heavy atom. The fraction of sp³-hybridized carbons (Fsp3) is 0.562. The number of carbonyl (C=O) groups is 2. The first-order chi connectivity index (χ1) is 22.2. The minimum Gasteiger partial charge on any atom is -0.444 e. The zero-order valence-electron chi connectivity index (χ0n) is 27.5. The lowest BCUT2D eigenvalue weighted by Crippen LogP contribution is -2.47. The molecular formula is C32H41F3N8O4. The van der Waals surface area contributed by atoms with Gasteiger partial charge in [0.1, 0.15) is 11.4 Å². The number of halogens is 3. The molecule has 0 aliphatic carbocycles. The molecule has 0 saturated carbocycles. The zero-order valence-corrected chi connectivity index (χ0v) is 27.5. The summed E-state index contributed by atoms with van der Waals surface area (Å²) in [6.45, 7) is 13.1. The fourth-order valence-electron chi connectivity index (χ4n) is 6.00. The van der Waals surface area contributed by atoms with E-state index in [1.54, 1.807) is 25.7 Å². The molecule has 2 fully saturated rings. The Kier molecular flexibility index (Phi) is 9.92. The summed E-state index contributed by atoms with van der Waals surface area (Å²) in [6, 6.07) is 1.05. The maximum Gasteiger partial charge on any atom is 0.407 e. The van der Waals surface area contributed by atoms with Gasteiger partial charge in [-0.3, -0.25) is 4.79 Å². The van der Waals surface area contributed by atoms with E-state index in [0.29, 0.717) is 43.1 Å². The summed E-state index contributed by atoms with van der Waals surface area (Å²) in [5.41, 5.74) is -0.573. The van der Waals surface area contributed by atoms with Gasteiger partial charge < -0.3 is 29.3 Å². The number of ether oxygens (including phenoxy) is 1. The molecule has 2 aromatic heterocycles. The highest BCUT2D eigenvalue weighted by atomic mass is 19.2. The first kappa shape index (κ1) is 33.9. The molecule has 47 heavy (non-hydrogen) atoms. The van der Waals surface area contributed by atoms with Gasteiger partial charge in [-0.15, -0.1) is 0 Å². The van der Waals surface area contributed by atoms with Crippen molar-refractivity contribution in [2.75, 3.05) is 42.5 Å². The number of hydrogen-bond acceptors (Lipinski definition) is 10. The van der Waals surface area contributed by atoms with E-state index >= 15 is 0 Å². The number of amides is 2. The van der Waals surface area contributed by atoms with Crippen LogP contribution >= 0.6 is 0 Å². The average Bonchev–Trinajstić information content (AvgIpc) is 3.67. The topological polar surface area (TPSA) is 130 Å². The lowest BCUT2D eigenvalue weighted by atomic mass is 9.93. The van der Waals surface area contributed by atoms with Crippen molar-refractivity contribution in [1.82, 2.24) is 30.3 Å². The van der Waals surface area contributed by atoms with Crippen LogP contribution in [-0.2, 0) is 4.74 Å². The number of rotatable bonds is 8. The Morgan fingerprint density at radius 2 is 1.70 bits per heavy atom. The Morgan fingerprint density at radius 1 is 1.04 bits per heavy atom. The number of nitrogens with zero attached hydrogens (tertiary/aromatic N) is 7. The van der Waals surface area contributed by atoms with Crippen molar-refractivity contribution in [1.29, 1.82) is 0 Å². The third kappa shape index (κ3) is 7.76. The van der Waals surface area contributed by atoms with Crippen LogP contribution in [0, 0.1) is 17.5 Å². The van der Waals surface area contributed by atoms with Gasteiger partial charge in [0.15, 0.2) is 17.5 Å². The second-order valence-corrected chi connectivity index (χ2v) is 13.2.